The minimum Gasteiger partial charge on any atom is -0.368 e. The summed E-state index contributed by atoms with van der Waals surface area (Å²) in [5.74, 6) is 0.802. The number of hydrogen-bond donors (Lipinski definition) is 3. The van der Waals surface area contributed by atoms with Crippen LogP contribution in [-0.2, 0) is 20.3 Å². The third-order valence-corrected chi connectivity index (χ3v) is 6.70. The molecule has 1 saturated heterocycles. The molecule has 43 heavy (non-hydrogen) atoms. The SMILES string of the molecule is CS(=O)(=O)O.Cc1ccc(-n2nc(C(C)(C)C)cc2NC(=O)Nc2ccc(N3CCN(C(=O)C(C)(C)C)CC3)cc2)cc1. The summed E-state index contributed by atoms with van der Waals surface area (Å²) in [5, 5.41) is 10.7. The standard InChI is InChI=1S/C30H40N6O2.CH4O3S/c1-21-8-12-24(13-9-21)36-26(20-25(33-36)29(2,3)4)32-28(38)31-22-10-14-23(15-11-22)34-16-18-35(19-17-34)27(37)30(5,6)7;1-5(2,3)4/h8-15,20H,16-19H2,1-7H3,(H2,31,32,38);1H3,(H,2,3,4). The molecule has 0 aliphatic carbocycles. The molecule has 0 bridgehead atoms. The van der Waals surface area contributed by atoms with Crippen molar-refractivity contribution in [2.45, 2.75) is 53.9 Å². The Hall–Kier alpha value is -3.90. The summed E-state index contributed by atoms with van der Waals surface area (Å²) in [6, 6.07) is 17.5. The van der Waals surface area contributed by atoms with Gasteiger partial charge in [-0.05, 0) is 43.3 Å². The van der Waals surface area contributed by atoms with Gasteiger partial charge in [-0.3, -0.25) is 14.7 Å². The molecule has 1 aliphatic heterocycles. The maximum Gasteiger partial charge on any atom is 0.324 e. The Bertz CT molecular complexity index is 1500. The van der Waals surface area contributed by atoms with Crippen LogP contribution in [0.25, 0.3) is 5.69 Å². The van der Waals surface area contributed by atoms with Crippen molar-refractivity contribution in [1.82, 2.24) is 14.7 Å². The van der Waals surface area contributed by atoms with Gasteiger partial charge in [0.2, 0.25) is 5.91 Å². The smallest absolute Gasteiger partial charge is 0.324 e. The van der Waals surface area contributed by atoms with Crippen molar-refractivity contribution in [2.24, 2.45) is 5.41 Å². The van der Waals surface area contributed by atoms with E-state index in [1.165, 1.54) is 0 Å². The summed E-state index contributed by atoms with van der Waals surface area (Å²) < 4.78 is 27.6. The maximum absolute atomic E-state index is 12.9. The average Bonchev–Trinajstić information content (AvgIpc) is 3.32. The molecule has 2 aromatic carbocycles. The Morgan fingerprint density at radius 1 is 0.837 bits per heavy atom. The van der Waals surface area contributed by atoms with Gasteiger partial charge in [-0.15, -0.1) is 0 Å². The number of carbonyl (C=O) groups is 2. The van der Waals surface area contributed by atoms with Gasteiger partial charge in [0.05, 0.1) is 17.6 Å². The quantitative estimate of drug-likeness (QED) is 0.339. The third kappa shape index (κ3) is 10.1. The molecule has 11 nitrogen and oxygen atoms in total. The molecule has 0 unspecified atom stereocenters. The number of hydrogen-bond acceptors (Lipinski definition) is 6. The lowest BCUT2D eigenvalue weighted by Crippen LogP contribution is -2.51. The molecular weight excluding hydrogens is 568 g/mol. The number of piperazine rings is 1. The number of nitrogens with zero attached hydrogens (tertiary/aromatic N) is 4. The van der Waals surface area contributed by atoms with Gasteiger partial charge < -0.3 is 15.1 Å². The molecule has 3 amide bonds. The number of benzene rings is 2. The van der Waals surface area contributed by atoms with Gasteiger partial charge in [-0.1, -0.05) is 59.2 Å². The summed E-state index contributed by atoms with van der Waals surface area (Å²) in [5.41, 5.74) is 4.19. The minimum atomic E-state index is -3.67. The van der Waals surface area contributed by atoms with Crippen LogP contribution in [0.5, 0.6) is 0 Å². The highest BCUT2D eigenvalue weighted by Crippen LogP contribution is 2.27. The van der Waals surface area contributed by atoms with Gasteiger partial charge in [-0.25, -0.2) is 9.48 Å². The number of anilines is 3. The van der Waals surface area contributed by atoms with Crippen molar-refractivity contribution in [3.05, 3.63) is 65.9 Å². The van der Waals surface area contributed by atoms with Crippen LogP contribution in [0.15, 0.2) is 54.6 Å². The first-order valence-electron chi connectivity index (χ1n) is 14.1. The molecule has 3 N–H and O–H groups in total. The highest BCUT2D eigenvalue weighted by Gasteiger charge is 2.29. The Morgan fingerprint density at radius 3 is 1.84 bits per heavy atom. The van der Waals surface area contributed by atoms with Crippen LogP contribution in [0.2, 0.25) is 0 Å². The maximum atomic E-state index is 12.9. The monoisotopic (exact) mass is 612 g/mol. The number of amides is 3. The summed E-state index contributed by atoms with van der Waals surface area (Å²) in [4.78, 5) is 29.7. The van der Waals surface area contributed by atoms with Crippen molar-refractivity contribution in [1.29, 1.82) is 0 Å². The van der Waals surface area contributed by atoms with E-state index in [-0.39, 0.29) is 22.8 Å². The molecule has 12 heteroatoms. The molecular formula is C31H44N6O5S. The highest BCUT2D eigenvalue weighted by atomic mass is 32.2. The minimum absolute atomic E-state index is 0.162. The first-order chi connectivity index (χ1) is 19.8. The highest BCUT2D eigenvalue weighted by molar-refractivity contribution is 7.85. The van der Waals surface area contributed by atoms with E-state index in [1.54, 1.807) is 4.68 Å². The third-order valence-electron chi connectivity index (χ3n) is 6.70. The molecule has 1 aliphatic rings. The summed E-state index contributed by atoms with van der Waals surface area (Å²) in [6.45, 7) is 17.2. The van der Waals surface area contributed by atoms with Gasteiger partial charge in [0, 0.05) is 54.5 Å². The number of aryl methyl sites for hydroxylation is 1. The van der Waals surface area contributed by atoms with Crippen molar-refractivity contribution in [3.63, 3.8) is 0 Å². The van der Waals surface area contributed by atoms with Crippen LogP contribution >= 0.6 is 0 Å². The van der Waals surface area contributed by atoms with E-state index in [1.807, 2.05) is 87.2 Å². The summed E-state index contributed by atoms with van der Waals surface area (Å²) in [6.07, 6.45) is 0.715. The first kappa shape index (κ1) is 33.6. The van der Waals surface area contributed by atoms with Gasteiger partial charge in [0.25, 0.3) is 10.1 Å². The van der Waals surface area contributed by atoms with E-state index >= 15 is 0 Å². The van der Waals surface area contributed by atoms with Crippen LogP contribution in [0.3, 0.4) is 0 Å². The van der Waals surface area contributed by atoms with Crippen molar-refractivity contribution < 1.29 is 22.6 Å². The van der Waals surface area contributed by atoms with Crippen molar-refractivity contribution in [2.75, 3.05) is 48.0 Å². The van der Waals surface area contributed by atoms with Crippen LogP contribution in [0, 0.1) is 12.3 Å². The van der Waals surface area contributed by atoms with Gasteiger partial charge in [0.1, 0.15) is 5.82 Å². The average molecular weight is 613 g/mol. The van der Waals surface area contributed by atoms with Crippen molar-refractivity contribution in [3.8, 4) is 5.69 Å². The molecule has 1 aromatic heterocycles. The van der Waals surface area contributed by atoms with E-state index in [4.69, 9.17) is 9.65 Å². The van der Waals surface area contributed by atoms with E-state index in [0.29, 0.717) is 30.9 Å². The topological polar surface area (TPSA) is 137 Å². The van der Waals surface area contributed by atoms with Crippen LogP contribution in [-0.4, -0.2) is 72.0 Å². The Balaban J connectivity index is 0.000000934. The number of aromatic nitrogens is 2. The van der Waals surface area contributed by atoms with Gasteiger partial charge in [-0.2, -0.15) is 13.5 Å². The first-order valence-corrected chi connectivity index (χ1v) is 16.0. The molecule has 2 heterocycles. The molecule has 0 spiro atoms. The zero-order chi connectivity index (χ0) is 32.2. The number of urea groups is 1. The Morgan fingerprint density at radius 2 is 1.35 bits per heavy atom. The summed E-state index contributed by atoms with van der Waals surface area (Å²) in [7, 11) is -3.67. The zero-order valence-corrected chi connectivity index (χ0v) is 27.1. The van der Waals surface area contributed by atoms with Gasteiger partial charge >= 0.3 is 6.03 Å². The van der Waals surface area contributed by atoms with Gasteiger partial charge in [0.15, 0.2) is 0 Å². The van der Waals surface area contributed by atoms with Crippen LogP contribution in [0.1, 0.15) is 52.8 Å². The lowest BCUT2D eigenvalue weighted by atomic mass is 9.92. The number of rotatable bonds is 4. The second-order valence-electron chi connectivity index (χ2n) is 12.8. The predicted molar refractivity (Wildman–Crippen MR) is 172 cm³/mol. The molecule has 1 fully saturated rings. The molecule has 234 valence electrons. The van der Waals surface area contributed by atoms with Crippen LogP contribution < -0.4 is 15.5 Å². The van der Waals surface area contributed by atoms with Crippen LogP contribution in [0.4, 0.5) is 22.0 Å². The molecule has 0 atom stereocenters. The lowest BCUT2D eigenvalue weighted by molar-refractivity contribution is -0.139. The fourth-order valence-electron chi connectivity index (χ4n) is 4.40. The zero-order valence-electron chi connectivity index (χ0n) is 26.3. The molecule has 0 radical (unpaired) electrons. The van der Waals surface area contributed by atoms with E-state index in [9.17, 15) is 18.0 Å². The fraction of sp³-hybridized carbons (Fsp3) is 0.452. The second-order valence-corrected chi connectivity index (χ2v) is 14.3. The van der Waals surface area contributed by atoms with E-state index < -0.39 is 10.1 Å². The molecule has 0 saturated carbocycles. The Labute approximate surface area is 255 Å². The number of carbonyl (C=O) groups excluding carboxylic acids is 2. The van der Waals surface area contributed by atoms with Crippen molar-refractivity contribution >= 4 is 39.2 Å². The van der Waals surface area contributed by atoms with E-state index in [2.05, 4.69) is 36.3 Å². The molecule has 3 aromatic rings. The fourth-order valence-corrected chi connectivity index (χ4v) is 4.40. The Kier molecular flexibility index (Phi) is 10.3. The second kappa shape index (κ2) is 13.2. The number of nitrogens with one attached hydrogen (secondary N) is 2. The summed E-state index contributed by atoms with van der Waals surface area (Å²) >= 11 is 0. The van der Waals surface area contributed by atoms with E-state index in [0.717, 1.165) is 35.7 Å². The predicted octanol–water partition coefficient (Wildman–Crippen LogP) is 5.32. The lowest BCUT2D eigenvalue weighted by Gasteiger charge is -2.38. The largest absolute Gasteiger partial charge is 0.368 e. The normalized spacial score (nSPS) is 14.1. The molecule has 4 rings (SSSR count).